The zero-order valence-corrected chi connectivity index (χ0v) is 14.5. The topological polar surface area (TPSA) is 62.1 Å². The third kappa shape index (κ3) is 3.56. The predicted molar refractivity (Wildman–Crippen MR) is 97.6 cm³/mol. The molecule has 1 saturated heterocycles. The van der Waals surface area contributed by atoms with Crippen LogP contribution in [0.25, 0.3) is 11.1 Å². The second kappa shape index (κ2) is 7.49. The fraction of sp³-hybridized carbons (Fsp3) is 0.300. The number of benzene rings is 2. The number of aliphatic hydroxyl groups is 1. The van der Waals surface area contributed by atoms with Gasteiger partial charge in [0.05, 0.1) is 24.9 Å². The molecule has 0 aliphatic carbocycles. The highest BCUT2D eigenvalue weighted by Crippen LogP contribution is 2.25. The number of likely N-dealkylation sites (tertiary alicyclic amines) is 1. The molecule has 1 aliphatic heterocycles. The van der Waals surface area contributed by atoms with E-state index >= 15 is 0 Å². The molecule has 1 N–H and O–H groups in total. The Morgan fingerprint density at radius 3 is 2.60 bits per heavy atom. The molecular formula is C20H22N2O3. The molecule has 0 aromatic heterocycles. The van der Waals surface area contributed by atoms with Crippen LogP contribution < -0.4 is 0 Å². The van der Waals surface area contributed by atoms with Gasteiger partial charge in [-0.3, -0.25) is 4.79 Å². The molecule has 130 valence electrons. The maximum Gasteiger partial charge on any atom is 0.254 e. The van der Waals surface area contributed by atoms with E-state index in [1.807, 2.05) is 36.4 Å². The molecule has 1 fully saturated rings. The van der Waals surface area contributed by atoms with Crippen molar-refractivity contribution in [2.75, 3.05) is 20.3 Å². The zero-order chi connectivity index (χ0) is 17.8. The summed E-state index contributed by atoms with van der Waals surface area (Å²) in [7, 11) is 1.48. The first-order valence-corrected chi connectivity index (χ1v) is 8.31. The second-order valence-corrected chi connectivity index (χ2v) is 6.21. The van der Waals surface area contributed by atoms with Gasteiger partial charge in [0.1, 0.15) is 7.11 Å². The minimum Gasteiger partial charge on any atom is -0.399 e. The van der Waals surface area contributed by atoms with E-state index in [-0.39, 0.29) is 18.6 Å². The van der Waals surface area contributed by atoms with E-state index in [1.165, 1.54) is 12.7 Å². The predicted octanol–water partition coefficient (Wildman–Crippen LogP) is 2.87. The molecule has 2 aromatic carbocycles. The summed E-state index contributed by atoms with van der Waals surface area (Å²) in [5.41, 5.74) is 4.81. The van der Waals surface area contributed by atoms with Crippen LogP contribution in [0, 0.1) is 6.92 Å². The van der Waals surface area contributed by atoms with Crippen molar-refractivity contribution in [2.24, 2.45) is 5.16 Å². The summed E-state index contributed by atoms with van der Waals surface area (Å²) in [4.78, 5) is 19.2. The van der Waals surface area contributed by atoms with Gasteiger partial charge in [-0.15, -0.1) is 0 Å². The Morgan fingerprint density at radius 1 is 1.24 bits per heavy atom. The normalized spacial score (nSPS) is 18.6. The molecule has 25 heavy (non-hydrogen) atoms. The first-order chi connectivity index (χ1) is 12.1. The SMILES string of the molecule is CO/N=C1\C[C@@H](CO)N(C(=O)c2ccc(-c3ccccc3C)cc2)C1. The number of rotatable bonds is 4. The molecule has 1 atom stereocenters. The number of amides is 1. The number of aliphatic hydroxyl groups excluding tert-OH is 1. The van der Waals surface area contributed by atoms with Gasteiger partial charge in [-0.25, -0.2) is 0 Å². The molecule has 0 unspecified atom stereocenters. The Balaban J connectivity index is 1.81. The minimum absolute atomic E-state index is 0.0875. The minimum atomic E-state index is -0.252. The fourth-order valence-electron chi connectivity index (χ4n) is 3.22. The third-order valence-electron chi connectivity index (χ3n) is 4.54. The molecule has 0 spiro atoms. The first-order valence-electron chi connectivity index (χ1n) is 8.31. The Bertz CT molecular complexity index is 784. The van der Waals surface area contributed by atoms with Gasteiger partial charge in [0, 0.05) is 12.0 Å². The van der Waals surface area contributed by atoms with Crippen LogP contribution in [0.1, 0.15) is 22.3 Å². The van der Waals surface area contributed by atoms with E-state index in [2.05, 4.69) is 24.2 Å². The van der Waals surface area contributed by atoms with Crippen molar-refractivity contribution in [3.05, 3.63) is 59.7 Å². The van der Waals surface area contributed by atoms with Crippen LogP contribution in [0.2, 0.25) is 0 Å². The van der Waals surface area contributed by atoms with E-state index < -0.39 is 0 Å². The zero-order valence-electron chi connectivity index (χ0n) is 14.5. The largest absolute Gasteiger partial charge is 0.399 e. The maximum atomic E-state index is 12.8. The molecule has 1 amide bonds. The van der Waals surface area contributed by atoms with Crippen LogP contribution >= 0.6 is 0 Å². The average molecular weight is 338 g/mol. The second-order valence-electron chi connectivity index (χ2n) is 6.21. The Morgan fingerprint density at radius 2 is 1.96 bits per heavy atom. The van der Waals surface area contributed by atoms with E-state index in [1.54, 1.807) is 4.90 Å². The van der Waals surface area contributed by atoms with Gasteiger partial charge in [-0.1, -0.05) is 41.6 Å². The maximum absolute atomic E-state index is 12.8. The van der Waals surface area contributed by atoms with E-state index in [0.717, 1.165) is 16.8 Å². The molecule has 5 heteroatoms. The quantitative estimate of drug-likeness (QED) is 0.872. The lowest BCUT2D eigenvalue weighted by molar-refractivity contribution is 0.0680. The van der Waals surface area contributed by atoms with Crippen LogP contribution in [0.5, 0.6) is 0 Å². The van der Waals surface area contributed by atoms with Crippen molar-refractivity contribution < 1.29 is 14.7 Å². The molecular weight excluding hydrogens is 316 g/mol. The van der Waals surface area contributed by atoms with Crippen LogP contribution in [-0.4, -0.2) is 47.9 Å². The first kappa shape index (κ1) is 17.2. The van der Waals surface area contributed by atoms with Gasteiger partial charge in [0.25, 0.3) is 5.91 Å². The van der Waals surface area contributed by atoms with Crippen LogP contribution in [0.4, 0.5) is 0 Å². The highest BCUT2D eigenvalue weighted by molar-refractivity contribution is 6.00. The number of hydrogen-bond acceptors (Lipinski definition) is 4. The standard InChI is InChI=1S/C20H22N2O3/c1-14-5-3-4-6-19(14)15-7-9-16(10-8-15)20(24)22-12-17(21-25-2)11-18(22)13-23/h3-10,18,23H,11-13H2,1-2H3/b21-17+/t18-/m0/s1. The third-order valence-corrected chi connectivity index (χ3v) is 4.54. The number of nitrogens with zero attached hydrogens (tertiary/aromatic N) is 2. The number of aryl methyl sites for hydroxylation is 1. The van der Waals surface area contributed by atoms with Crippen molar-refractivity contribution >= 4 is 11.6 Å². The van der Waals surface area contributed by atoms with E-state index in [9.17, 15) is 9.90 Å². The summed E-state index contributed by atoms with van der Waals surface area (Å²) >= 11 is 0. The number of carbonyl (C=O) groups is 1. The van der Waals surface area contributed by atoms with Crippen LogP contribution in [-0.2, 0) is 4.84 Å². The van der Waals surface area contributed by atoms with Crippen molar-refractivity contribution in [1.29, 1.82) is 0 Å². The summed E-state index contributed by atoms with van der Waals surface area (Å²) in [5.74, 6) is -0.100. The van der Waals surface area contributed by atoms with Gasteiger partial charge in [0.15, 0.2) is 0 Å². The highest BCUT2D eigenvalue weighted by Gasteiger charge is 2.33. The monoisotopic (exact) mass is 338 g/mol. The Hall–Kier alpha value is -2.66. The fourth-order valence-corrected chi connectivity index (χ4v) is 3.22. The molecule has 1 aliphatic rings. The van der Waals surface area contributed by atoms with Gasteiger partial charge < -0.3 is 14.8 Å². The van der Waals surface area contributed by atoms with Gasteiger partial charge in [0.2, 0.25) is 0 Å². The van der Waals surface area contributed by atoms with E-state index in [0.29, 0.717) is 18.5 Å². The summed E-state index contributed by atoms with van der Waals surface area (Å²) in [6.45, 7) is 2.37. The highest BCUT2D eigenvalue weighted by atomic mass is 16.6. The number of hydrogen-bond donors (Lipinski definition) is 1. The lowest BCUT2D eigenvalue weighted by Crippen LogP contribution is -2.37. The lowest BCUT2D eigenvalue weighted by atomic mass is 9.99. The molecule has 0 radical (unpaired) electrons. The molecule has 0 saturated carbocycles. The molecule has 0 bridgehead atoms. The van der Waals surface area contributed by atoms with Crippen molar-refractivity contribution in [3.8, 4) is 11.1 Å². The summed E-state index contributed by atoms with van der Waals surface area (Å²) in [5, 5.41) is 13.5. The lowest BCUT2D eigenvalue weighted by Gasteiger charge is -2.22. The Labute approximate surface area is 147 Å². The van der Waals surface area contributed by atoms with Gasteiger partial charge >= 0.3 is 0 Å². The van der Waals surface area contributed by atoms with Crippen LogP contribution in [0.15, 0.2) is 53.7 Å². The van der Waals surface area contributed by atoms with E-state index in [4.69, 9.17) is 4.84 Å². The van der Waals surface area contributed by atoms with Crippen molar-refractivity contribution in [2.45, 2.75) is 19.4 Å². The van der Waals surface area contributed by atoms with Crippen molar-refractivity contribution in [3.63, 3.8) is 0 Å². The number of carbonyl (C=O) groups excluding carboxylic acids is 1. The average Bonchev–Trinajstić information content (AvgIpc) is 3.05. The summed E-state index contributed by atoms with van der Waals surface area (Å²) in [6, 6.07) is 15.5. The van der Waals surface area contributed by atoms with Crippen LogP contribution in [0.3, 0.4) is 0 Å². The smallest absolute Gasteiger partial charge is 0.254 e. The molecule has 1 heterocycles. The van der Waals surface area contributed by atoms with Gasteiger partial charge in [-0.05, 0) is 35.7 Å². The Kier molecular flexibility index (Phi) is 5.14. The molecule has 2 aromatic rings. The van der Waals surface area contributed by atoms with Gasteiger partial charge in [-0.2, -0.15) is 0 Å². The molecule has 5 nitrogen and oxygen atoms in total. The summed E-state index contributed by atoms with van der Waals surface area (Å²) in [6.07, 6.45) is 0.539. The molecule has 3 rings (SSSR count). The summed E-state index contributed by atoms with van der Waals surface area (Å²) < 4.78 is 0. The van der Waals surface area contributed by atoms with Crippen molar-refractivity contribution in [1.82, 2.24) is 4.90 Å². The number of oxime groups is 1.